The zero-order valence-electron chi connectivity index (χ0n) is 6.55. The lowest BCUT2D eigenvalue weighted by Crippen LogP contribution is -2.30. The SMILES string of the molecule is N=C/C=C\NC1CCCCO1. The first-order valence-corrected chi connectivity index (χ1v) is 3.97. The highest BCUT2D eigenvalue weighted by molar-refractivity contribution is 5.67. The quantitative estimate of drug-likeness (QED) is 0.601. The highest BCUT2D eigenvalue weighted by Crippen LogP contribution is 2.09. The van der Waals surface area contributed by atoms with E-state index in [0.717, 1.165) is 13.0 Å². The van der Waals surface area contributed by atoms with Gasteiger partial charge in [0.25, 0.3) is 0 Å². The molecule has 1 fully saturated rings. The smallest absolute Gasteiger partial charge is 0.127 e. The van der Waals surface area contributed by atoms with Crippen molar-refractivity contribution >= 4 is 6.21 Å². The topological polar surface area (TPSA) is 45.1 Å². The molecule has 0 aliphatic carbocycles. The molecule has 0 amide bonds. The van der Waals surface area contributed by atoms with E-state index in [1.807, 2.05) is 0 Å². The minimum Gasteiger partial charge on any atom is -0.366 e. The summed E-state index contributed by atoms with van der Waals surface area (Å²) in [7, 11) is 0. The molecule has 1 rings (SSSR count). The normalized spacial score (nSPS) is 25.3. The van der Waals surface area contributed by atoms with Crippen LogP contribution in [0.2, 0.25) is 0 Å². The van der Waals surface area contributed by atoms with Gasteiger partial charge in [-0.25, -0.2) is 0 Å². The van der Waals surface area contributed by atoms with Crippen molar-refractivity contribution < 1.29 is 4.74 Å². The zero-order valence-corrected chi connectivity index (χ0v) is 6.55. The minimum atomic E-state index is 0.167. The van der Waals surface area contributed by atoms with Crippen molar-refractivity contribution in [2.45, 2.75) is 25.5 Å². The lowest BCUT2D eigenvalue weighted by molar-refractivity contribution is 0.00339. The second-order valence-corrected chi connectivity index (χ2v) is 2.55. The minimum absolute atomic E-state index is 0.167. The van der Waals surface area contributed by atoms with Crippen LogP contribution in [0.1, 0.15) is 19.3 Å². The summed E-state index contributed by atoms with van der Waals surface area (Å²) in [6.07, 6.45) is 8.29. The molecule has 0 radical (unpaired) electrons. The molecule has 0 spiro atoms. The van der Waals surface area contributed by atoms with Gasteiger partial charge in [-0.15, -0.1) is 0 Å². The van der Waals surface area contributed by atoms with Crippen LogP contribution in [-0.4, -0.2) is 19.0 Å². The van der Waals surface area contributed by atoms with Gasteiger partial charge in [0, 0.05) is 12.8 Å². The van der Waals surface area contributed by atoms with Gasteiger partial charge in [0.15, 0.2) is 0 Å². The van der Waals surface area contributed by atoms with E-state index in [2.05, 4.69) is 5.32 Å². The summed E-state index contributed by atoms with van der Waals surface area (Å²) in [4.78, 5) is 0. The van der Waals surface area contributed by atoms with Gasteiger partial charge in [-0.05, 0) is 31.5 Å². The molecule has 2 N–H and O–H groups in total. The van der Waals surface area contributed by atoms with E-state index in [9.17, 15) is 0 Å². The summed E-state index contributed by atoms with van der Waals surface area (Å²) >= 11 is 0. The Labute approximate surface area is 66.9 Å². The van der Waals surface area contributed by atoms with Crippen LogP contribution in [0.4, 0.5) is 0 Å². The summed E-state index contributed by atoms with van der Waals surface area (Å²) < 4.78 is 5.39. The molecule has 0 bridgehead atoms. The predicted octanol–water partition coefficient (Wildman–Crippen LogP) is 1.27. The third-order valence-electron chi connectivity index (χ3n) is 1.65. The molecular formula is C8H14N2O. The van der Waals surface area contributed by atoms with E-state index in [1.54, 1.807) is 12.3 Å². The Morgan fingerprint density at radius 2 is 2.36 bits per heavy atom. The molecule has 0 aromatic rings. The van der Waals surface area contributed by atoms with Crippen LogP contribution >= 0.6 is 0 Å². The third kappa shape index (κ3) is 3.18. The van der Waals surface area contributed by atoms with Crippen LogP contribution in [0.5, 0.6) is 0 Å². The molecule has 0 aromatic heterocycles. The van der Waals surface area contributed by atoms with E-state index >= 15 is 0 Å². The van der Waals surface area contributed by atoms with Crippen LogP contribution in [0.15, 0.2) is 12.3 Å². The van der Waals surface area contributed by atoms with Crippen LogP contribution in [0, 0.1) is 5.41 Å². The Bertz CT molecular complexity index is 139. The molecule has 1 unspecified atom stereocenters. The third-order valence-corrected chi connectivity index (χ3v) is 1.65. The Kier molecular flexibility index (Phi) is 3.69. The van der Waals surface area contributed by atoms with E-state index in [0.29, 0.717) is 0 Å². The number of nitrogens with one attached hydrogen (secondary N) is 2. The Morgan fingerprint density at radius 1 is 1.45 bits per heavy atom. The molecule has 3 nitrogen and oxygen atoms in total. The lowest BCUT2D eigenvalue weighted by Gasteiger charge is -2.22. The Balaban J connectivity index is 2.14. The van der Waals surface area contributed by atoms with Gasteiger partial charge in [-0.3, -0.25) is 0 Å². The summed E-state index contributed by atoms with van der Waals surface area (Å²) in [5.74, 6) is 0. The molecular weight excluding hydrogens is 140 g/mol. The summed E-state index contributed by atoms with van der Waals surface area (Å²) in [5.41, 5.74) is 0. The number of rotatable bonds is 3. The molecule has 62 valence electrons. The Morgan fingerprint density at radius 3 is 3.00 bits per heavy atom. The molecule has 1 atom stereocenters. The van der Waals surface area contributed by atoms with Gasteiger partial charge in [0.05, 0.1) is 0 Å². The van der Waals surface area contributed by atoms with Crippen molar-refractivity contribution in [1.82, 2.24) is 5.32 Å². The second-order valence-electron chi connectivity index (χ2n) is 2.55. The van der Waals surface area contributed by atoms with Crippen molar-refractivity contribution in [2.24, 2.45) is 0 Å². The molecule has 1 aliphatic heterocycles. The molecule has 0 saturated carbocycles. The fourth-order valence-corrected chi connectivity index (χ4v) is 1.08. The van der Waals surface area contributed by atoms with Gasteiger partial charge in [-0.2, -0.15) is 0 Å². The average Bonchev–Trinajstić information content (AvgIpc) is 2.07. The second kappa shape index (κ2) is 4.91. The van der Waals surface area contributed by atoms with Crippen molar-refractivity contribution in [1.29, 1.82) is 5.41 Å². The van der Waals surface area contributed by atoms with Crippen molar-refractivity contribution in [3.05, 3.63) is 12.3 Å². The summed E-state index contributed by atoms with van der Waals surface area (Å²) in [6.45, 7) is 0.857. The number of allylic oxidation sites excluding steroid dienone is 1. The first kappa shape index (κ1) is 8.27. The van der Waals surface area contributed by atoms with Gasteiger partial charge in [0.2, 0.25) is 0 Å². The maximum Gasteiger partial charge on any atom is 0.127 e. The maximum atomic E-state index is 6.73. The predicted molar refractivity (Wildman–Crippen MR) is 44.7 cm³/mol. The van der Waals surface area contributed by atoms with E-state index in [4.69, 9.17) is 10.1 Å². The van der Waals surface area contributed by atoms with E-state index in [1.165, 1.54) is 19.1 Å². The van der Waals surface area contributed by atoms with Crippen LogP contribution in [-0.2, 0) is 4.74 Å². The van der Waals surface area contributed by atoms with Gasteiger partial charge < -0.3 is 15.5 Å². The highest BCUT2D eigenvalue weighted by atomic mass is 16.5. The fraction of sp³-hybridized carbons (Fsp3) is 0.625. The monoisotopic (exact) mass is 154 g/mol. The van der Waals surface area contributed by atoms with E-state index in [-0.39, 0.29) is 6.23 Å². The molecule has 1 aliphatic rings. The van der Waals surface area contributed by atoms with Gasteiger partial charge in [0.1, 0.15) is 6.23 Å². The van der Waals surface area contributed by atoms with Crippen molar-refractivity contribution in [3.8, 4) is 0 Å². The first-order chi connectivity index (χ1) is 5.43. The molecule has 1 heterocycles. The van der Waals surface area contributed by atoms with Crippen molar-refractivity contribution in [3.63, 3.8) is 0 Å². The lowest BCUT2D eigenvalue weighted by atomic mass is 10.2. The van der Waals surface area contributed by atoms with Crippen LogP contribution < -0.4 is 5.32 Å². The maximum absolute atomic E-state index is 6.73. The van der Waals surface area contributed by atoms with Crippen molar-refractivity contribution in [2.75, 3.05) is 6.61 Å². The van der Waals surface area contributed by atoms with Gasteiger partial charge >= 0.3 is 0 Å². The summed E-state index contributed by atoms with van der Waals surface area (Å²) in [5, 5.41) is 9.80. The van der Waals surface area contributed by atoms with E-state index < -0.39 is 0 Å². The van der Waals surface area contributed by atoms with Gasteiger partial charge in [-0.1, -0.05) is 0 Å². The van der Waals surface area contributed by atoms with Crippen LogP contribution in [0.25, 0.3) is 0 Å². The zero-order chi connectivity index (χ0) is 7.94. The molecule has 11 heavy (non-hydrogen) atoms. The Hall–Kier alpha value is -0.830. The number of hydrogen-bond acceptors (Lipinski definition) is 3. The van der Waals surface area contributed by atoms with Crippen LogP contribution in [0.3, 0.4) is 0 Å². The largest absolute Gasteiger partial charge is 0.366 e. The average molecular weight is 154 g/mol. The standard InChI is InChI=1S/C8H14N2O/c9-5-3-6-10-8-4-1-2-7-11-8/h3,5-6,8-10H,1-2,4,7H2/b6-3-,9-5?. The highest BCUT2D eigenvalue weighted by Gasteiger charge is 2.10. The molecule has 0 aromatic carbocycles. The molecule has 3 heteroatoms. The molecule has 1 saturated heterocycles. The number of hydrogen-bond donors (Lipinski definition) is 2. The number of ether oxygens (including phenoxy) is 1. The first-order valence-electron chi connectivity index (χ1n) is 3.97. The fourth-order valence-electron chi connectivity index (χ4n) is 1.08. The summed E-state index contributed by atoms with van der Waals surface area (Å²) in [6, 6.07) is 0.